The lowest BCUT2D eigenvalue weighted by Gasteiger charge is -2.12. The highest BCUT2D eigenvalue weighted by Crippen LogP contribution is 2.18. The lowest BCUT2D eigenvalue weighted by Crippen LogP contribution is -2.05. The summed E-state index contributed by atoms with van der Waals surface area (Å²) in [6, 6.07) is 6.71. The van der Waals surface area contributed by atoms with Crippen LogP contribution in [-0.4, -0.2) is 25.9 Å². The first kappa shape index (κ1) is 13.6. The molecule has 1 aromatic carbocycles. The van der Waals surface area contributed by atoms with E-state index in [0.29, 0.717) is 6.10 Å². The standard InChI is InChI=1S/C16H24O2/c1-3-13-7-5-8-14(16(13)4-2)9-6-10-17-11-15-12-18-15/h5,7-8,15H,3-4,6,9-12H2,1-2H3. The maximum absolute atomic E-state index is 5.58. The molecule has 1 aromatic rings. The fourth-order valence-corrected chi connectivity index (χ4v) is 2.45. The van der Waals surface area contributed by atoms with Crippen LogP contribution in [0.3, 0.4) is 0 Å². The number of rotatable bonds is 8. The topological polar surface area (TPSA) is 21.8 Å². The summed E-state index contributed by atoms with van der Waals surface area (Å²) in [5.41, 5.74) is 4.55. The average molecular weight is 248 g/mol. The van der Waals surface area contributed by atoms with Crippen molar-refractivity contribution in [3.63, 3.8) is 0 Å². The second-order valence-electron chi connectivity index (χ2n) is 4.90. The van der Waals surface area contributed by atoms with Crippen LogP contribution in [0.25, 0.3) is 0 Å². The van der Waals surface area contributed by atoms with Gasteiger partial charge in [-0.25, -0.2) is 0 Å². The third-order valence-corrected chi connectivity index (χ3v) is 3.55. The highest BCUT2D eigenvalue weighted by atomic mass is 16.6. The van der Waals surface area contributed by atoms with Gasteiger partial charge in [0.1, 0.15) is 6.10 Å². The van der Waals surface area contributed by atoms with Crippen LogP contribution in [0.2, 0.25) is 0 Å². The Morgan fingerprint density at radius 2 is 2.00 bits per heavy atom. The van der Waals surface area contributed by atoms with Crippen LogP contribution in [-0.2, 0) is 28.7 Å². The van der Waals surface area contributed by atoms with Crippen LogP contribution in [0.15, 0.2) is 18.2 Å². The van der Waals surface area contributed by atoms with Crippen molar-refractivity contribution in [2.75, 3.05) is 19.8 Å². The normalized spacial score (nSPS) is 18.0. The first-order valence-electron chi connectivity index (χ1n) is 7.14. The molecule has 0 bridgehead atoms. The number of hydrogen-bond acceptors (Lipinski definition) is 2. The molecule has 0 N–H and O–H groups in total. The molecule has 2 nitrogen and oxygen atoms in total. The largest absolute Gasteiger partial charge is 0.379 e. The van der Waals surface area contributed by atoms with Gasteiger partial charge in [-0.3, -0.25) is 0 Å². The van der Waals surface area contributed by atoms with Gasteiger partial charge in [-0.15, -0.1) is 0 Å². The molecule has 2 rings (SSSR count). The summed E-state index contributed by atoms with van der Waals surface area (Å²) < 4.78 is 10.7. The Balaban J connectivity index is 1.79. The summed E-state index contributed by atoms with van der Waals surface area (Å²) in [5, 5.41) is 0. The van der Waals surface area contributed by atoms with Crippen molar-refractivity contribution in [3.05, 3.63) is 34.9 Å². The van der Waals surface area contributed by atoms with E-state index in [2.05, 4.69) is 32.0 Å². The van der Waals surface area contributed by atoms with E-state index in [1.165, 1.54) is 11.1 Å². The molecule has 0 amide bonds. The van der Waals surface area contributed by atoms with E-state index < -0.39 is 0 Å². The van der Waals surface area contributed by atoms with Crippen molar-refractivity contribution in [2.24, 2.45) is 0 Å². The monoisotopic (exact) mass is 248 g/mol. The minimum atomic E-state index is 0.389. The molecule has 1 unspecified atom stereocenters. The predicted octanol–water partition coefficient (Wildman–Crippen LogP) is 3.16. The zero-order chi connectivity index (χ0) is 12.8. The smallest absolute Gasteiger partial charge is 0.104 e. The molecule has 1 heterocycles. The van der Waals surface area contributed by atoms with Crippen LogP contribution in [0.4, 0.5) is 0 Å². The summed E-state index contributed by atoms with van der Waals surface area (Å²) in [6.07, 6.45) is 4.89. The molecular formula is C16H24O2. The van der Waals surface area contributed by atoms with Gasteiger partial charge in [0, 0.05) is 6.61 Å². The van der Waals surface area contributed by atoms with E-state index in [4.69, 9.17) is 9.47 Å². The van der Waals surface area contributed by atoms with Crippen molar-refractivity contribution >= 4 is 0 Å². The highest BCUT2D eigenvalue weighted by Gasteiger charge is 2.21. The summed E-state index contributed by atoms with van der Waals surface area (Å²) >= 11 is 0. The van der Waals surface area contributed by atoms with Gasteiger partial charge in [0.05, 0.1) is 13.2 Å². The van der Waals surface area contributed by atoms with Crippen molar-refractivity contribution in [1.82, 2.24) is 0 Å². The minimum absolute atomic E-state index is 0.389. The maximum Gasteiger partial charge on any atom is 0.104 e. The molecular weight excluding hydrogens is 224 g/mol. The zero-order valence-electron chi connectivity index (χ0n) is 11.6. The van der Waals surface area contributed by atoms with Gasteiger partial charge < -0.3 is 9.47 Å². The highest BCUT2D eigenvalue weighted by molar-refractivity contribution is 5.35. The van der Waals surface area contributed by atoms with E-state index in [1.807, 2.05) is 0 Å². The number of aryl methyl sites for hydroxylation is 2. The van der Waals surface area contributed by atoms with Crippen LogP contribution in [0, 0.1) is 0 Å². The third-order valence-electron chi connectivity index (χ3n) is 3.55. The summed E-state index contributed by atoms with van der Waals surface area (Å²) in [7, 11) is 0. The van der Waals surface area contributed by atoms with E-state index in [0.717, 1.165) is 45.5 Å². The summed E-state index contributed by atoms with van der Waals surface area (Å²) in [4.78, 5) is 0. The van der Waals surface area contributed by atoms with Crippen LogP contribution in [0.1, 0.15) is 37.0 Å². The summed E-state index contributed by atoms with van der Waals surface area (Å²) in [6.45, 7) is 6.99. The second kappa shape index (κ2) is 6.91. The van der Waals surface area contributed by atoms with Crippen LogP contribution in [0.5, 0.6) is 0 Å². The Bertz CT molecular complexity index is 369. The molecule has 1 fully saturated rings. The Kier molecular flexibility index (Phi) is 5.21. The van der Waals surface area contributed by atoms with Gasteiger partial charge >= 0.3 is 0 Å². The van der Waals surface area contributed by atoms with Gasteiger partial charge in [-0.1, -0.05) is 32.0 Å². The zero-order valence-corrected chi connectivity index (χ0v) is 11.6. The van der Waals surface area contributed by atoms with Crippen molar-refractivity contribution in [2.45, 2.75) is 45.6 Å². The number of epoxide rings is 1. The molecule has 1 saturated heterocycles. The molecule has 1 aliphatic rings. The Morgan fingerprint density at radius 1 is 1.22 bits per heavy atom. The van der Waals surface area contributed by atoms with E-state index in [1.54, 1.807) is 5.56 Å². The van der Waals surface area contributed by atoms with Crippen LogP contribution >= 0.6 is 0 Å². The van der Waals surface area contributed by atoms with Gasteiger partial charge in [-0.05, 0) is 42.4 Å². The van der Waals surface area contributed by atoms with Gasteiger partial charge in [0.2, 0.25) is 0 Å². The molecule has 0 aromatic heterocycles. The lowest BCUT2D eigenvalue weighted by molar-refractivity contribution is 0.114. The van der Waals surface area contributed by atoms with E-state index in [9.17, 15) is 0 Å². The fraction of sp³-hybridized carbons (Fsp3) is 0.625. The Hall–Kier alpha value is -0.860. The van der Waals surface area contributed by atoms with E-state index in [-0.39, 0.29) is 0 Å². The maximum atomic E-state index is 5.58. The van der Waals surface area contributed by atoms with Crippen LogP contribution < -0.4 is 0 Å². The van der Waals surface area contributed by atoms with Gasteiger partial charge in [0.25, 0.3) is 0 Å². The fourth-order valence-electron chi connectivity index (χ4n) is 2.45. The minimum Gasteiger partial charge on any atom is -0.379 e. The molecule has 1 atom stereocenters. The molecule has 0 radical (unpaired) electrons. The number of benzene rings is 1. The molecule has 18 heavy (non-hydrogen) atoms. The average Bonchev–Trinajstić information content (AvgIpc) is 3.22. The summed E-state index contributed by atoms with van der Waals surface area (Å²) in [5.74, 6) is 0. The van der Waals surface area contributed by atoms with Crippen molar-refractivity contribution < 1.29 is 9.47 Å². The van der Waals surface area contributed by atoms with Gasteiger partial charge in [-0.2, -0.15) is 0 Å². The molecule has 1 aliphatic heterocycles. The Morgan fingerprint density at radius 3 is 2.67 bits per heavy atom. The third kappa shape index (κ3) is 3.82. The van der Waals surface area contributed by atoms with Crippen molar-refractivity contribution in [3.8, 4) is 0 Å². The molecule has 100 valence electrons. The molecule has 0 spiro atoms. The lowest BCUT2D eigenvalue weighted by atomic mass is 9.94. The first-order valence-corrected chi connectivity index (χ1v) is 7.14. The quantitative estimate of drug-likeness (QED) is 0.520. The van der Waals surface area contributed by atoms with E-state index >= 15 is 0 Å². The van der Waals surface area contributed by atoms with Gasteiger partial charge in [0.15, 0.2) is 0 Å². The number of hydrogen-bond donors (Lipinski definition) is 0. The van der Waals surface area contributed by atoms with Crippen molar-refractivity contribution in [1.29, 1.82) is 0 Å². The molecule has 0 saturated carbocycles. The molecule has 2 heteroatoms. The SMILES string of the molecule is CCc1cccc(CCCOCC2CO2)c1CC. The predicted molar refractivity (Wildman–Crippen MR) is 74.1 cm³/mol. The second-order valence-corrected chi connectivity index (χ2v) is 4.90. The Labute approximate surface area is 110 Å². The first-order chi connectivity index (χ1) is 8.85. The molecule has 0 aliphatic carbocycles. The number of ether oxygens (including phenoxy) is 2.